The number of rotatable bonds is 5. The Morgan fingerprint density at radius 1 is 1.30 bits per heavy atom. The number of amides is 1. The fraction of sp³-hybridized carbons (Fsp3) is 0.500. The van der Waals surface area contributed by atoms with Crippen molar-refractivity contribution < 1.29 is 9.21 Å². The Labute approximate surface area is 157 Å². The quantitative estimate of drug-likeness (QED) is 0.843. The molecule has 2 aliphatic rings. The van der Waals surface area contributed by atoms with Gasteiger partial charge in [-0.25, -0.2) is 15.0 Å². The SMILES string of the molecule is C[C@@H](C(=O)Nc1ncccn1)N1CCN(c2oc(C3CC3)nc2C#N)CC1. The predicted molar refractivity (Wildman–Crippen MR) is 97.1 cm³/mol. The summed E-state index contributed by atoms with van der Waals surface area (Å²) >= 11 is 0. The smallest absolute Gasteiger partial charge is 0.243 e. The van der Waals surface area contributed by atoms with Crippen LogP contribution in [0.4, 0.5) is 11.8 Å². The molecule has 1 aliphatic heterocycles. The highest BCUT2D eigenvalue weighted by atomic mass is 16.4. The van der Waals surface area contributed by atoms with Crippen LogP contribution in [0.5, 0.6) is 0 Å². The van der Waals surface area contributed by atoms with Crippen molar-refractivity contribution in [3.8, 4) is 6.07 Å². The third-order valence-electron chi connectivity index (χ3n) is 4.99. The Hall–Kier alpha value is -2.99. The normalized spacial score (nSPS) is 18.7. The number of carbonyl (C=O) groups is 1. The second kappa shape index (κ2) is 7.32. The van der Waals surface area contributed by atoms with E-state index >= 15 is 0 Å². The standard InChI is InChI=1S/C18H21N7O2/c1-12(15(26)23-18-20-5-2-6-21-18)24-7-9-25(10-8-24)17-14(11-19)22-16(27-17)13-3-4-13/h2,5-6,12-13H,3-4,7-10H2,1H3,(H,20,21,23,26)/t12-/m0/s1. The lowest BCUT2D eigenvalue weighted by atomic mass is 10.2. The van der Waals surface area contributed by atoms with E-state index in [2.05, 4.69) is 31.2 Å². The summed E-state index contributed by atoms with van der Waals surface area (Å²) in [5, 5.41) is 12.1. The van der Waals surface area contributed by atoms with E-state index in [-0.39, 0.29) is 11.9 Å². The van der Waals surface area contributed by atoms with Gasteiger partial charge in [0, 0.05) is 44.5 Å². The molecule has 27 heavy (non-hydrogen) atoms. The van der Waals surface area contributed by atoms with Crippen molar-refractivity contribution in [1.82, 2.24) is 19.9 Å². The first-order valence-electron chi connectivity index (χ1n) is 9.13. The van der Waals surface area contributed by atoms with E-state index in [1.807, 2.05) is 11.8 Å². The number of nitrogens with zero attached hydrogens (tertiary/aromatic N) is 6. The van der Waals surface area contributed by atoms with Crippen molar-refractivity contribution in [3.05, 3.63) is 30.0 Å². The molecule has 1 amide bonds. The molecule has 4 rings (SSSR count). The number of carbonyl (C=O) groups excluding carboxylic acids is 1. The molecule has 2 fully saturated rings. The van der Waals surface area contributed by atoms with Crippen LogP contribution in [-0.2, 0) is 4.79 Å². The average molecular weight is 367 g/mol. The van der Waals surface area contributed by atoms with Gasteiger partial charge in [0.05, 0.1) is 6.04 Å². The van der Waals surface area contributed by atoms with Gasteiger partial charge in [0.1, 0.15) is 6.07 Å². The van der Waals surface area contributed by atoms with Crippen molar-refractivity contribution >= 4 is 17.7 Å². The first kappa shape index (κ1) is 17.4. The van der Waals surface area contributed by atoms with Gasteiger partial charge in [-0.1, -0.05) is 0 Å². The lowest BCUT2D eigenvalue weighted by Crippen LogP contribution is -2.53. The van der Waals surface area contributed by atoms with E-state index in [1.54, 1.807) is 18.5 Å². The van der Waals surface area contributed by atoms with Gasteiger partial charge in [-0.15, -0.1) is 0 Å². The number of oxazole rings is 1. The molecule has 2 aromatic rings. The molecule has 140 valence electrons. The van der Waals surface area contributed by atoms with Gasteiger partial charge in [-0.05, 0) is 25.8 Å². The summed E-state index contributed by atoms with van der Waals surface area (Å²) in [7, 11) is 0. The van der Waals surface area contributed by atoms with Gasteiger partial charge >= 0.3 is 0 Å². The zero-order chi connectivity index (χ0) is 18.8. The summed E-state index contributed by atoms with van der Waals surface area (Å²) in [6.07, 6.45) is 5.34. The van der Waals surface area contributed by atoms with E-state index < -0.39 is 0 Å². The summed E-state index contributed by atoms with van der Waals surface area (Å²) in [5.74, 6) is 1.79. The van der Waals surface area contributed by atoms with Gasteiger partial charge in [0.2, 0.25) is 29.3 Å². The minimum atomic E-state index is -0.303. The van der Waals surface area contributed by atoms with Crippen LogP contribution in [0.3, 0.4) is 0 Å². The lowest BCUT2D eigenvalue weighted by Gasteiger charge is -2.37. The maximum absolute atomic E-state index is 12.4. The van der Waals surface area contributed by atoms with E-state index in [0.29, 0.717) is 55.5 Å². The number of hydrogen-bond acceptors (Lipinski definition) is 8. The number of nitriles is 1. The summed E-state index contributed by atoms with van der Waals surface area (Å²) < 4.78 is 5.87. The van der Waals surface area contributed by atoms with Crippen LogP contribution in [-0.4, -0.2) is 58.0 Å². The zero-order valence-electron chi connectivity index (χ0n) is 15.1. The molecular weight excluding hydrogens is 346 g/mol. The topological polar surface area (TPSA) is 111 Å². The first-order valence-corrected chi connectivity index (χ1v) is 9.13. The fourth-order valence-electron chi connectivity index (χ4n) is 3.18. The molecule has 0 radical (unpaired) electrons. The Morgan fingerprint density at radius 2 is 2.00 bits per heavy atom. The lowest BCUT2D eigenvalue weighted by molar-refractivity contribution is -0.120. The van der Waals surface area contributed by atoms with Gasteiger partial charge in [-0.2, -0.15) is 5.26 Å². The second-order valence-corrected chi connectivity index (χ2v) is 6.85. The van der Waals surface area contributed by atoms with Gasteiger partial charge in [0.25, 0.3) is 0 Å². The van der Waals surface area contributed by atoms with Crippen LogP contribution in [0.15, 0.2) is 22.9 Å². The molecule has 0 unspecified atom stereocenters. The Balaban J connectivity index is 1.36. The molecule has 0 bridgehead atoms. The number of piperazine rings is 1. The molecule has 1 aliphatic carbocycles. The number of hydrogen-bond donors (Lipinski definition) is 1. The fourth-order valence-corrected chi connectivity index (χ4v) is 3.18. The van der Waals surface area contributed by atoms with Crippen molar-refractivity contribution in [2.24, 2.45) is 0 Å². The molecule has 0 aromatic carbocycles. The van der Waals surface area contributed by atoms with Crippen LogP contribution in [0.25, 0.3) is 0 Å². The van der Waals surface area contributed by atoms with Gasteiger partial charge in [0.15, 0.2) is 0 Å². The number of nitrogens with one attached hydrogen (secondary N) is 1. The molecule has 1 saturated heterocycles. The molecule has 9 heteroatoms. The second-order valence-electron chi connectivity index (χ2n) is 6.85. The summed E-state index contributed by atoms with van der Waals surface area (Å²) in [6, 6.07) is 3.53. The van der Waals surface area contributed by atoms with Crippen LogP contribution in [0.2, 0.25) is 0 Å². The maximum atomic E-state index is 12.4. The molecule has 3 heterocycles. The van der Waals surface area contributed by atoms with Crippen molar-refractivity contribution in [3.63, 3.8) is 0 Å². The monoisotopic (exact) mass is 367 g/mol. The maximum Gasteiger partial charge on any atom is 0.243 e. The Morgan fingerprint density at radius 3 is 2.63 bits per heavy atom. The van der Waals surface area contributed by atoms with Crippen LogP contribution >= 0.6 is 0 Å². The molecule has 9 nitrogen and oxygen atoms in total. The van der Waals surface area contributed by atoms with Gasteiger partial charge < -0.3 is 9.32 Å². The third-order valence-corrected chi connectivity index (χ3v) is 4.99. The van der Waals surface area contributed by atoms with Crippen molar-refractivity contribution in [2.45, 2.75) is 31.7 Å². The molecule has 0 spiro atoms. The Bertz CT molecular complexity index is 848. The Kier molecular flexibility index (Phi) is 4.73. The first-order chi connectivity index (χ1) is 13.2. The summed E-state index contributed by atoms with van der Waals surface area (Å²) in [6.45, 7) is 4.60. The van der Waals surface area contributed by atoms with E-state index in [0.717, 1.165) is 12.8 Å². The van der Waals surface area contributed by atoms with Crippen molar-refractivity contribution in [1.29, 1.82) is 5.26 Å². The van der Waals surface area contributed by atoms with E-state index in [9.17, 15) is 10.1 Å². The zero-order valence-corrected chi connectivity index (χ0v) is 15.1. The average Bonchev–Trinajstić information content (AvgIpc) is 3.47. The van der Waals surface area contributed by atoms with Gasteiger partial charge in [-0.3, -0.25) is 15.0 Å². The number of anilines is 2. The predicted octanol–water partition coefficient (Wildman–Crippen LogP) is 1.36. The largest absolute Gasteiger partial charge is 0.423 e. The molecule has 2 aromatic heterocycles. The van der Waals surface area contributed by atoms with Crippen LogP contribution < -0.4 is 10.2 Å². The molecule has 1 N–H and O–H groups in total. The highest BCUT2D eigenvalue weighted by molar-refractivity contribution is 5.93. The summed E-state index contributed by atoms with van der Waals surface area (Å²) in [4.78, 5) is 28.9. The van der Waals surface area contributed by atoms with Crippen LogP contribution in [0.1, 0.15) is 37.3 Å². The van der Waals surface area contributed by atoms with E-state index in [1.165, 1.54) is 0 Å². The van der Waals surface area contributed by atoms with Crippen molar-refractivity contribution in [2.75, 3.05) is 36.4 Å². The third kappa shape index (κ3) is 3.75. The molecule has 1 atom stereocenters. The minimum Gasteiger partial charge on any atom is -0.423 e. The highest BCUT2D eigenvalue weighted by Crippen LogP contribution is 2.41. The van der Waals surface area contributed by atoms with E-state index in [4.69, 9.17) is 4.42 Å². The minimum absolute atomic E-state index is 0.136. The van der Waals surface area contributed by atoms with Crippen LogP contribution in [0, 0.1) is 11.3 Å². The summed E-state index contributed by atoms with van der Waals surface area (Å²) in [5.41, 5.74) is 0.359. The molecular formula is C18H21N7O2. The highest BCUT2D eigenvalue weighted by Gasteiger charge is 2.33. The number of aromatic nitrogens is 3. The molecule has 1 saturated carbocycles.